The van der Waals surface area contributed by atoms with E-state index >= 15 is 0 Å². The third-order valence-corrected chi connectivity index (χ3v) is 4.25. The van der Waals surface area contributed by atoms with Gasteiger partial charge in [0.1, 0.15) is 0 Å². The lowest BCUT2D eigenvalue weighted by molar-refractivity contribution is 0.196. The van der Waals surface area contributed by atoms with E-state index in [1.54, 1.807) is 0 Å². The van der Waals surface area contributed by atoms with Crippen LogP contribution in [0.15, 0.2) is 0 Å². The first-order valence-electron chi connectivity index (χ1n) is 5.90. The van der Waals surface area contributed by atoms with Gasteiger partial charge in [-0.3, -0.25) is 0 Å². The topological polar surface area (TPSA) is 3.24 Å². The van der Waals surface area contributed by atoms with E-state index < -0.39 is 0 Å². The minimum Gasteiger partial charge on any atom is -0.303 e. The van der Waals surface area contributed by atoms with Gasteiger partial charge < -0.3 is 4.90 Å². The SMILES string of the molecule is CC(C)[C@@H]1CN(C)C2CCCCC21. The molecule has 1 aliphatic heterocycles. The Morgan fingerprint density at radius 2 is 1.85 bits per heavy atom. The Morgan fingerprint density at radius 3 is 2.54 bits per heavy atom. The first kappa shape index (κ1) is 9.51. The molecule has 76 valence electrons. The minimum absolute atomic E-state index is 0.885. The van der Waals surface area contributed by atoms with Gasteiger partial charge in [-0.1, -0.05) is 26.7 Å². The van der Waals surface area contributed by atoms with Crippen LogP contribution in [0.25, 0.3) is 0 Å². The molecule has 0 N–H and O–H groups in total. The van der Waals surface area contributed by atoms with Crippen LogP contribution in [0.1, 0.15) is 39.5 Å². The van der Waals surface area contributed by atoms with E-state index in [9.17, 15) is 0 Å². The summed E-state index contributed by atoms with van der Waals surface area (Å²) in [5.41, 5.74) is 0. The molecule has 0 amide bonds. The molecule has 3 atom stereocenters. The molecular weight excluding hydrogens is 158 g/mol. The summed E-state index contributed by atoms with van der Waals surface area (Å²) in [5, 5.41) is 0. The first-order valence-corrected chi connectivity index (χ1v) is 5.90. The highest BCUT2D eigenvalue weighted by Gasteiger charge is 2.41. The Labute approximate surface area is 82.5 Å². The van der Waals surface area contributed by atoms with E-state index in [-0.39, 0.29) is 0 Å². The van der Waals surface area contributed by atoms with Crippen LogP contribution in [-0.4, -0.2) is 24.5 Å². The Hall–Kier alpha value is -0.0400. The molecule has 1 saturated heterocycles. The molecule has 1 nitrogen and oxygen atoms in total. The van der Waals surface area contributed by atoms with E-state index in [0.29, 0.717) is 0 Å². The van der Waals surface area contributed by atoms with Crippen LogP contribution < -0.4 is 0 Å². The van der Waals surface area contributed by atoms with Crippen LogP contribution in [0.3, 0.4) is 0 Å². The van der Waals surface area contributed by atoms with Gasteiger partial charge in [0.2, 0.25) is 0 Å². The van der Waals surface area contributed by atoms with E-state index in [4.69, 9.17) is 0 Å². The predicted molar refractivity (Wildman–Crippen MR) is 56.7 cm³/mol. The Bertz CT molecular complexity index is 176. The van der Waals surface area contributed by atoms with Crippen molar-refractivity contribution in [3.8, 4) is 0 Å². The van der Waals surface area contributed by atoms with Crippen LogP contribution in [0.2, 0.25) is 0 Å². The maximum absolute atomic E-state index is 2.62. The van der Waals surface area contributed by atoms with Crippen molar-refractivity contribution in [2.75, 3.05) is 13.6 Å². The molecule has 1 aliphatic carbocycles. The van der Waals surface area contributed by atoms with Crippen molar-refractivity contribution in [2.45, 2.75) is 45.6 Å². The van der Waals surface area contributed by atoms with Crippen LogP contribution >= 0.6 is 0 Å². The van der Waals surface area contributed by atoms with Crippen molar-refractivity contribution < 1.29 is 0 Å². The van der Waals surface area contributed by atoms with Crippen molar-refractivity contribution in [2.24, 2.45) is 17.8 Å². The number of hydrogen-bond acceptors (Lipinski definition) is 1. The Morgan fingerprint density at radius 1 is 1.15 bits per heavy atom. The Kier molecular flexibility index (Phi) is 2.64. The zero-order chi connectivity index (χ0) is 9.42. The summed E-state index contributed by atoms with van der Waals surface area (Å²) >= 11 is 0. The zero-order valence-corrected chi connectivity index (χ0v) is 9.29. The van der Waals surface area contributed by atoms with E-state index in [1.165, 1.54) is 32.2 Å². The zero-order valence-electron chi connectivity index (χ0n) is 9.29. The third kappa shape index (κ3) is 1.63. The fourth-order valence-electron chi connectivity index (χ4n) is 3.50. The van der Waals surface area contributed by atoms with Gasteiger partial charge in [-0.05, 0) is 37.6 Å². The molecule has 1 saturated carbocycles. The monoisotopic (exact) mass is 181 g/mol. The van der Waals surface area contributed by atoms with Crippen LogP contribution in [0.4, 0.5) is 0 Å². The fourth-order valence-corrected chi connectivity index (χ4v) is 3.50. The molecule has 0 bridgehead atoms. The van der Waals surface area contributed by atoms with E-state index in [2.05, 4.69) is 25.8 Å². The van der Waals surface area contributed by atoms with Gasteiger partial charge >= 0.3 is 0 Å². The van der Waals surface area contributed by atoms with Gasteiger partial charge in [0, 0.05) is 12.6 Å². The molecule has 1 heteroatoms. The van der Waals surface area contributed by atoms with Crippen LogP contribution in [0, 0.1) is 17.8 Å². The molecule has 2 fully saturated rings. The highest BCUT2D eigenvalue weighted by atomic mass is 15.2. The van der Waals surface area contributed by atoms with E-state index in [1.807, 2.05) is 0 Å². The molecule has 2 rings (SSSR count). The first-order chi connectivity index (χ1) is 6.20. The standard InChI is InChI=1S/C12H23N/c1-9(2)11-8-13(3)12-7-5-4-6-10(11)12/h9-12H,4-8H2,1-3H3/t10?,11-,12?/m0/s1. The average Bonchev–Trinajstić information content (AvgIpc) is 2.45. The van der Waals surface area contributed by atoms with Gasteiger partial charge in [0.05, 0.1) is 0 Å². The quantitative estimate of drug-likeness (QED) is 0.601. The lowest BCUT2D eigenvalue weighted by atomic mass is 9.76. The second-order valence-electron chi connectivity index (χ2n) is 5.36. The molecule has 0 aromatic heterocycles. The molecule has 0 aromatic carbocycles. The largest absolute Gasteiger partial charge is 0.303 e. The number of nitrogens with zero attached hydrogens (tertiary/aromatic N) is 1. The summed E-state index contributed by atoms with van der Waals surface area (Å²) in [4.78, 5) is 2.62. The van der Waals surface area contributed by atoms with Gasteiger partial charge in [-0.15, -0.1) is 0 Å². The van der Waals surface area contributed by atoms with Gasteiger partial charge in [0.25, 0.3) is 0 Å². The predicted octanol–water partition coefficient (Wildman–Crippen LogP) is 2.76. The van der Waals surface area contributed by atoms with Crippen molar-refractivity contribution in [1.29, 1.82) is 0 Å². The highest BCUT2D eigenvalue weighted by Crippen LogP contribution is 2.41. The summed E-state index contributed by atoms with van der Waals surface area (Å²) in [5.74, 6) is 2.89. The average molecular weight is 181 g/mol. The van der Waals surface area contributed by atoms with Gasteiger partial charge in [-0.2, -0.15) is 0 Å². The van der Waals surface area contributed by atoms with Gasteiger partial charge in [0.15, 0.2) is 0 Å². The summed E-state index contributed by atoms with van der Waals surface area (Å²) in [6.45, 7) is 6.15. The molecule has 0 spiro atoms. The third-order valence-electron chi connectivity index (χ3n) is 4.25. The smallest absolute Gasteiger partial charge is 0.0124 e. The second-order valence-corrected chi connectivity index (χ2v) is 5.36. The summed E-state index contributed by atoms with van der Waals surface area (Å²) in [6.07, 6.45) is 5.91. The summed E-state index contributed by atoms with van der Waals surface area (Å²) in [6, 6.07) is 0.932. The van der Waals surface area contributed by atoms with Crippen LogP contribution in [-0.2, 0) is 0 Å². The highest BCUT2D eigenvalue weighted by molar-refractivity contribution is 4.94. The molecule has 0 aromatic rings. The lowest BCUT2D eigenvalue weighted by Gasteiger charge is -2.31. The molecule has 2 aliphatic rings. The van der Waals surface area contributed by atoms with Crippen molar-refractivity contribution in [1.82, 2.24) is 4.90 Å². The van der Waals surface area contributed by atoms with Crippen molar-refractivity contribution in [3.63, 3.8) is 0 Å². The van der Waals surface area contributed by atoms with Crippen molar-refractivity contribution >= 4 is 0 Å². The maximum Gasteiger partial charge on any atom is 0.0124 e. The number of hydrogen-bond donors (Lipinski definition) is 0. The minimum atomic E-state index is 0.885. The molecule has 1 heterocycles. The Balaban J connectivity index is 2.08. The second kappa shape index (κ2) is 3.61. The number of rotatable bonds is 1. The summed E-state index contributed by atoms with van der Waals surface area (Å²) in [7, 11) is 2.32. The van der Waals surface area contributed by atoms with Crippen molar-refractivity contribution in [3.05, 3.63) is 0 Å². The summed E-state index contributed by atoms with van der Waals surface area (Å²) < 4.78 is 0. The van der Waals surface area contributed by atoms with Crippen LogP contribution in [0.5, 0.6) is 0 Å². The molecule has 2 unspecified atom stereocenters. The molecule has 0 radical (unpaired) electrons. The number of fused-ring (bicyclic) bond motifs is 1. The van der Waals surface area contributed by atoms with Gasteiger partial charge in [-0.25, -0.2) is 0 Å². The fraction of sp³-hybridized carbons (Fsp3) is 1.00. The number of likely N-dealkylation sites (tertiary alicyclic amines) is 1. The normalized spacial score (nSPS) is 41.1. The molecule has 13 heavy (non-hydrogen) atoms. The molecular formula is C12H23N. The van der Waals surface area contributed by atoms with E-state index in [0.717, 1.165) is 23.8 Å². The lowest BCUT2D eigenvalue weighted by Crippen LogP contribution is -2.32. The maximum atomic E-state index is 2.62.